The zero-order valence-electron chi connectivity index (χ0n) is 5.45. The molecule has 0 saturated carbocycles. The fourth-order valence-corrected chi connectivity index (χ4v) is 0.873. The van der Waals surface area contributed by atoms with Crippen molar-refractivity contribution in [3.05, 3.63) is 0 Å². The van der Waals surface area contributed by atoms with E-state index < -0.39 is 18.2 Å². The van der Waals surface area contributed by atoms with Gasteiger partial charge in [0.05, 0.1) is 12.1 Å². The van der Waals surface area contributed by atoms with E-state index in [0.29, 0.717) is 0 Å². The predicted octanol–water partition coefficient (Wildman–Crippen LogP) is -2.87. The highest BCUT2D eigenvalue weighted by Crippen LogP contribution is 1.99. The summed E-state index contributed by atoms with van der Waals surface area (Å²) in [6.07, 6.45) is -0.715. The van der Waals surface area contributed by atoms with Crippen molar-refractivity contribution >= 4 is 5.91 Å². The number of hydrogen-bond donors (Lipinski definition) is 4. The van der Waals surface area contributed by atoms with Crippen LogP contribution in [0.1, 0.15) is 0 Å². The second kappa shape index (κ2) is 2.53. The van der Waals surface area contributed by atoms with Crippen molar-refractivity contribution in [1.82, 2.24) is 5.32 Å². The number of carbonyl (C=O) groups is 1. The maximum atomic E-state index is 10.7. The summed E-state index contributed by atoms with van der Waals surface area (Å²) in [5.74, 6) is -0.294. The third kappa shape index (κ3) is 1.11. The molecular formula is C5H11N3O2. The molecule has 10 heavy (non-hydrogen) atoms. The lowest BCUT2D eigenvalue weighted by Crippen LogP contribution is -2.64. The molecule has 0 aliphatic carbocycles. The standard InChI is InChI=1S/C5H11N3O2/c6-3-2(9)1-8-5(10)4(3)7/h2-4,9H,1,6-7H2,(H,8,10)/t2-,3-,4+/m1/s1. The molecule has 0 aromatic carbocycles. The molecule has 1 aliphatic heterocycles. The van der Waals surface area contributed by atoms with Crippen LogP contribution in [0.15, 0.2) is 0 Å². The molecule has 3 atom stereocenters. The SMILES string of the molecule is N[C@@H]1[C@H](O)CNC(=O)[C@H]1N. The first-order valence-corrected chi connectivity index (χ1v) is 3.10. The fraction of sp³-hybridized carbons (Fsp3) is 0.800. The van der Waals surface area contributed by atoms with Crippen LogP contribution >= 0.6 is 0 Å². The van der Waals surface area contributed by atoms with Gasteiger partial charge in [-0.2, -0.15) is 0 Å². The molecule has 1 amide bonds. The number of piperidine rings is 1. The van der Waals surface area contributed by atoms with Gasteiger partial charge in [0.15, 0.2) is 0 Å². The molecule has 1 saturated heterocycles. The van der Waals surface area contributed by atoms with Gasteiger partial charge in [-0.3, -0.25) is 4.79 Å². The second-order valence-electron chi connectivity index (χ2n) is 2.42. The van der Waals surface area contributed by atoms with Crippen molar-refractivity contribution in [2.75, 3.05) is 6.54 Å². The second-order valence-corrected chi connectivity index (χ2v) is 2.42. The number of amides is 1. The van der Waals surface area contributed by atoms with Crippen LogP contribution in [0.5, 0.6) is 0 Å². The summed E-state index contributed by atoms with van der Waals surface area (Å²) in [6, 6.07) is -1.41. The number of rotatable bonds is 0. The van der Waals surface area contributed by atoms with Crippen LogP contribution in [0, 0.1) is 0 Å². The first-order valence-electron chi connectivity index (χ1n) is 3.10. The van der Waals surface area contributed by atoms with Gasteiger partial charge in [0.2, 0.25) is 5.91 Å². The van der Waals surface area contributed by atoms with Crippen molar-refractivity contribution in [3.8, 4) is 0 Å². The Bertz CT molecular complexity index is 150. The Morgan fingerprint density at radius 1 is 1.60 bits per heavy atom. The van der Waals surface area contributed by atoms with Crippen LogP contribution in [0.25, 0.3) is 0 Å². The molecule has 0 spiro atoms. The third-order valence-electron chi connectivity index (χ3n) is 1.65. The normalized spacial score (nSPS) is 41.1. The molecule has 0 aromatic rings. The maximum Gasteiger partial charge on any atom is 0.238 e. The van der Waals surface area contributed by atoms with E-state index >= 15 is 0 Å². The van der Waals surface area contributed by atoms with E-state index in [1.807, 2.05) is 0 Å². The van der Waals surface area contributed by atoms with E-state index in [1.54, 1.807) is 0 Å². The summed E-state index contributed by atoms with van der Waals surface area (Å²) >= 11 is 0. The summed E-state index contributed by atoms with van der Waals surface area (Å²) in [5.41, 5.74) is 10.7. The van der Waals surface area contributed by atoms with Crippen molar-refractivity contribution in [2.45, 2.75) is 18.2 Å². The first kappa shape index (κ1) is 7.46. The van der Waals surface area contributed by atoms with E-state index in [9.17, 15) is 4.79 Å². The van der Waals surface area contributed by atoms with E-state index in [1.165, 1.54) is 0 Å². The summed E-state index contributed by atoms with van der Waals surface area (Å²) < 4.78 is 0. The summed E-state index contributed by atoms with van der Waals surface area (Å²) in [7, 11) is 0. The van der Waals surface area contributed by atoms with E-state index in [0.717, 1.165) is 0 Å². The van der Waals surface area contributed by atoms with Crippen molar-refractivity contribution in [1.29, 1.82) is 0 Å². The zero-order chi connectivity index (χ0) is 7.72. The Kier molecular flexibility index (Phi) is 1.89. The van der Waals surface area contributed by atoms with E-state index in [4.69, 9.17) is 16.6 Å². The van der Waals surface area contributed by atoms with Gasteiger partial charge in [-0.15, -0.1) is 0 Å². The van der Waals surface area contributed by atoms with Gasteiger partial charge in [0, 0.05) is 6.54 Å². The predicted molar refractivity (Wildman–Crippen MR) is 35.0 cm³/mol. The van der Waals surface area contributed by atoms with Gasteiger partial charge in [-0.05, 0) is 0 Å². The van der Waals surface area contributed by atoms with Crippen LogP contribution < -0.4 is 16.8 Å². The first-order chi connectivity index (χ1) is 4.63. The van der Waals surface area contributed by atoms with Gasteiger partial charge in [-0.1, -0.05) is 0 Å². The topological polar surface area (TPSA) is 101 Å². The Morgan fingerprint density at radius 3 is 2.70 bits per heavy atom. The van der Waals surface area contributed by atoms with Crippen molar-refractivity contribution < 1.29 is 9.90 Å². The Morgan fingerprint density at radius 2 is 2.20 bits per heavy atom. The summed E-state index contributed by atoms with van der Waals surface area (Å²) in [6.45, 7) is 0.202. The van der Waals surface area contributed by atoms with Crippen LogP contribution in [-0.2, 0) is 4.79 Å². The molecule has 1 aliphatic rings. The fourth-order valence-electron chi connectivity index (χ4n) is 0.873. The van der Waals surface area contributed by atoms with Crippen molar-refractivity contribution in [2.24, 2.45) is 11.5 Å². The molecule has 0 unspecified atom stereocenters. The maximum absolute atomic E-state index is 10.7. The molecule has 1 rings (SSSR count). The lowest BCUT2D eigenvalue weighted by atomic mass is 9.99. The highest BCUT2D eigenvalue weighted by Gasteiger charge is 2.32. The molecule has 0 bridgehead atoms. The Labute approximate surface area is 58.4 Å². The molecule has 5 heteroatoms. The zero-order valence-corrected chi connectivity index (χ0v) is 5.45. The molecule has 6 N–H and O–H groups in total. The molecule has 5 nitrogen and oxygen atoms in total. The average Bonchev–Trinajstić information content (AvgIpc) is 1.93. The van der Waals surface area contributed by atoms with E-state index in [-0.39, 0.29) is 12.5 Å². The van der Waals surface area contributed by atoms with Crippen molar-refractivity contribution in [3.63, 3.8) is 0 Å². The lowest BCUT2D eigenvalue weighted by molar-refractivity contribution is -0.126. The third-order valence-corrected chi connectivity index (χ3v) is 1.65. The summed E-state index contributed by atoms with van der Waals surface area (Å²) in [4.78, 5) is 10.7. The van der Waals surface area contributed by atoms with Gasteiger partial charge in [0.25, 0.3) is 0 Å². The minimum absolute atomic E-state index is 0.202. The number of nitrogens with one attached hydrogen (secondary N) is 1. The Hall–Kier alpha value is -0.650. The van der Waals surface area contributed by atoms with Gasteiger partial charge in [-0.25, -0.2) is 0 Å². The minimum Gasteiger partial charge on any atom is -0.390 e. The molecule has 1 heterocycles. The molecular weight excluding hydrogens is 134 g/mol. The number of β-amino-alcohol motifs (C(OH)–C–C–N with tert-alkyl or cyclic N) is 1. The molecule has 0 radical (unpaired) electrons. The lowest BCUT2D eigenvalue weighted by Gasteiger charge is -2.29. The van der Waals surface area contributed by atoms with Gasteiger partial charge >= 0.3 is 0 Å². The number of hydrogen-bond acceptors (Lipinski definition) is 4. The highest BCUT2D eigenvalue weighted by molar-refractivity contribution is 5.83. The average molecular weight is 145 g/mol. The smallest absolute Gasteiger partial charge is 0.238 e. The largest absolute Gasteiger partial charge is 0.390 e. The Balaban J connectivity index is 2.60. The van der Waals surface area contributed by atoms with Gasteiger partial charge in [0.1, 0.15) is 6.04 Å². The minimum atomic E-state index is -0.774. The number of aliphatic hydroxyl groups excluding tert-OH is 1. The number of nitrogens with two attached hydrogens (primary N) is 2. The monoisotopic (exact) mass is 145 g/mol. The summed E-state index contributed by atoms with van der Waals surface area (Å²) in [5, 5.41) is 11.5. The number of aliphatic hydroxyl groups is 1. The molecule has 1 fully saturated rings. The van der Waals surface area contributed by atoms with Crippen LogP contribution in [-0.4, -0.2) is 35.7 Å². The number of carbonyl (C=O) groups excluding carboxylic acids is 1. The molecule has 58 valence electrons. The van der Waals surface area contributed by atoms with Gasteiger partial charge < -0.3 is 21.9 Å². The van der Waals surface area contributed by atoms with Crippen LogP contribution in [0.4, 0.5) is 0 Å². The van der Waals surface area contributed by atoms with Crippen LogP contribution in [0.3, 0.4) is 0 Å². The molecule has 0 aromatic heterocycles. The quantitative estimate of drug-likeness (QED) is 0.294. The van der Waals surface area contributed by atoms with Crippen LogP contribution in [0.2, 0.25) is 0 Å². The highest BCUT2D eigenvalue weighted by atomic mass is 16.3. The van der Waals surface area contributed by atoms with E-state index in [2.05, 4.69) is 5.32 Å².